The Morgan fingerprint density at radius 3 is 2.35 bits per heavy atom. The van der Waals surface area contributed by atoms with Crippen LogP contribution in [0.2, 0.25) is 0 Å². The van der Waals surface area contributed by atoms with Crippen molar-refractivity contribution in [1.82, 2.24) is 4.57 Å². The molecular weight excluding hydrogens is 643 g/mol. The Kier molecular flexibility index (Phi) is 7.32. The van der Waals surface area contributed by atoms with Gasteiger partial charge in [-0.2, -0.15) is 13.2 Å². The van der Waals surface area contributed by atoms with Crippen molar-refractivity contribution in [3.05, 3.63) is 122 Å². The number of carbonyl (C=O) groups is 3. The average Bonchev–Trinajstić information content (AvgIpc) is 3.47. The van der Waals surface area contributed by atoms with E-state index in [0.29, 0.717) is 21.2 Å². The fourth-order valence-corrected chi connectivity index (χ4v) is 8.80. The van der Waals surface area contributed by atoms with Gasteiger partial charge in [0.25, 0.3) is 0 Å². The van der Waals surface area contributed by atoms with Crippen molar-refractivity contribution < 1.29 is 31.9 Å². The normalized spacial score (nSPS) is 19.3. The molecule has 5 aromatic rings. The zero-order chi connectivity index (χ0) is 32.3. The molecule has 7 rings (SSSR count). The lowest BCUT2D eigenvalue weighted by Gasteiger charge is -2.30. The molecule has 46 heavy (non-hydrogen) atoms. The summed E-state index contributed by atoms with van der Waals surface area (Å²) >= 11 is 1.74. The highest BCUT2D eigenvalue weighted by Gasteiger charge is 2.57. The Morgan fingerprint density at radius 2 is 1.59 bits per heavy atom. The maximum atomic E-state index is 13.9. The second-order valence-electron chi connectivity index (χ2n) is 10.9. The fraction of sp³-hybridized carbons (Fsp3) is 0.152. The molecular formula is C33H21F4N3O4S2. The third kappa shape index (κ3) is 5.09. The fourth-order valence-electron chi connectivity index (χ4n) is 6.03. The standard InChI is InChI=1S/C33H21F4N3O4S2/c34-20-13-11-18(12-14-20)25-26-27(30(43)40(29(26)42)21-8-4-7-19(15-21)33(35,36)37)45-31-28(25)46-32(44)39(31)16-24(41)38-23-10-3-6-17-5-1-2-9-22(17)23/h1-15,25-27H,16H2,(H,38,41)/t25-,26?,27?/m1/s1. The first-order valence-electron chi connectivity index (χ1n) is 14.0. The number of thioether (sulfide) groups is 1. The van der Waals surface area contributed by atoms with Crippen molar-refractivity contribution in [1.29, 1.82) is 0 Å². The number of thiazole rings is 1. The number of fused-ring (bicyclic) bond motifs is 3. The summed E-state index contributed by atoms with van der Waals surface area (Å²) in [7, 11) is 0. The lowest BCUT2D eigenvalue weighted by Crippen LogP contribution is -2.33. The van der Waals surface area contributed by atoms with E-state index in [9.17, 15) is 36.7 Å². The van der Waals surface area contributed by atoms with Crippen LogP contribution in [-0.2, 0) is 27.1 Å². The predicted molar refractivity (Wildman–Crippen MR) is 166 cm³/mol. The molecule has 2 unspecified atom stereocenters. The SMILES string of the molecule is O=C(Cn1c2c(sc1=O)[C@H](c1ccc(F)cc1)C1C(=O)N(c3cccc(C(F)(F)F)c3)C(=O)C1S2)Nc1cccc2ccccc12. The Balaban J connectivity index is 1.28. The predicted octanol–water partition coefficient (Wildman–Crippen LogP) is 6.66. The number of benzene rings is 4. The number of alkyl halides is 3. The molecule has 3 heterocycles. The van der Waals surface area contributed by atoms with E-state index in [2.05, 4.69) is 5.32 Å². The van der Waals surface area contributed by atoms with Crippen LogP contribution in [0.4, 0.5) is 28.9 Å². The van der Waals surface area contributed by atoms with E-state index in [0.717, 1.165) is 57.0 Å². The zero-order valence-electron chi connectivity index (χ0n) is 23.5. The minimum atomic E-state index is -4.70. The summed E-state index contributed by atoms with van der Waals surface area (Å²) in [5.74, 6) is -4.51. The third-order valence-electron chi connectivity index (χ3n) is 8.08. The molecule has 0 saturated carbocycles. The maximum Gasteiger partial charge on any atom is 0.416 e. The Bertz CT molecular complexity index is 2100. The van der Waals surface area contributed by atoms with Gasteiger partial charge < -0.3 is 5.32 Å². The van der Waals surface area contributed by atoms with Crippen LogP contribution < -0.4 is 15.1 Å². The van der Waals surface area contributed by atoms with Gasteiger partial charge in [0.15, 0.2) is 0 Å². The van der Waals surface area contributed by atoms with Gasteiger partial charge in [0, 0.05) is 21.9 Å². The van der Waals surface area contributed by atoms with Gasteiger partial charge in [-0.15, -0.1) is 0 Å². The molecule has 3 amide bonds. The lowest BCUT2D eigenvalue weighted by atomic mass is 9.83. The molecule has 232 valence electrons. The first-order chi connectivity index (χ1) is 22.0. The number of nitrogens with one attached hydrogen (secondary N) is 1. The summed E-state index contributed by atoms with van der Waals surface area (Å²) in [5.41, 5.74) is -0.259. The largest absolute Gasteiger partial charge is 0.416 e. The summed E-state index contributed by atoms with van der Waals surface area (Å²) in [6.07, 6.45) is -4.70. The first-order valence-corrected chi connectivity index (χ1v) is 15.7. The second kappa shape index (κ2) is 11.2. The molecule has 1 aromatic heterocycles. The number of aromatic nitrogens is 1. The second-order valence-corrected chi connectivity index (χ2v) is 13.0. The quantitative estimate of drug-likeness (QED) is 0.168. The molecule has 0 bridgehead atoms. The molecule has 1 N–H and O–H groups in total. The number of imide groups is 1. The van der Waals surface area contributed by atoms with Gasteiger partial charge in [0.2, 0.25) is 17.7 Å². The van der Waals surface area contributed by atoms with Gasteiger partial charge in [-0.25, -0.2) is 9.29 Å². The average molecular weight is 664 g/mol. The molecule has 3 atom stereocenters. The zero-order valence-corrected chi connectivity index (χ0v) is 25.1. The van der Waals surface area contributed by atoms with Crippen molar-refractivity contribution in [3.8, 4) is 0 Å². The molecule has 0 aliphatic carbocycles. The smallest absolute Gasteiger partial charge is 0.324 e. The van der Waals surface area contributed by atoms with Crippen LogP contribution in [0.3, 0.4) is 0 Å². The van der Waals surface area contributed by atoms with Crippen molar-refractivity contribution in [2.24, 2.45) is 5.92 Å². The number of rotatable bonds is 5. The number of carbonyl (C=O) groups excluding carboxylic acids is 3. The van der Waals surface area contributed by atoms with Gasteiger partial charge in [-0.1, -0.05) is 77.7 Å². The van der Waals surface area contributed by atoms with Gasteiger partial charge in [0.1, 0.15) is 17.6 Å². The molecule has 2 aliphatic rings. The van der Waals surface area contributed by atoms with E-state index in [1.807, 2.05) is 30.3 Å². The van der Waals surface area contributed by atoms with Crippen molar-refractivity contribution in [2.75, 3.05) is 10.2 Å². The molecule has 7 nitrogen and oxygen atoms in total. The van der Waals surface area contributed by atoms with E-state index in [4.69, 9.17) is 0 Å². The Morgan fingerprint density at radius 1 is 0.870 bits per heavy atom. The molecule has 0 radical (unpaired) electrons. The molecule has 13 heteroatoms. The first kappa shape index (κ1) is 29.9. The number of hydrogen-bond acceptors (Lipinski definition) is 6. The number of halogens is 4. The van der Waals surface area contributed by atoms with E-state index < -0.39 is 63.8 Å². The molecule has 1 saturated heterocycles. The maximum absolute atomic E-state index is 13.9. The van der Waals surface area contributed by atoms with Crippen LogP contribution in [0.5, 0.6) is 0 Å². The monoisotopic (exact) mass is 663 g/mol. The minimum Gasteiger partial charge on any atom is -0.324 e. The topological polar surface area (TPSA) is 88.5 Å². The number of hydrogen-bond donors (Lipinski definition) is 1. The number of anilines is 2. The van der Waals surface area contributed by atoms with Crippen molar-refractivity contribution >= 4 is 63.0 Å². The van der Waals surface area contributed by atoms with Crippen LogP contribution in [0.15, 0.2) is 101 Å². The molecule has 1 fully saturated rings. The van der Waals surface area contributed by atoms with Gasteiger partial charge in [-0.3, -0.25) is 23.7 Å². The minimum absolute atomic E-state index is 0.229. The summed E-state index contributed by atoms with van der Waals surface area (Å²) in [6.45, 7) is -0.395. The highest BCUT2D eigenvalue weighted by atomic mass is 32.2. The van der Waals surface area contributed by atoms with Crippen LogP contribution >= 0.6 is 23.1 Å². The number of amides is 3. The third-order valence-corrected chi connectivity index (χ3v) is 10.7. The van der Waals surface area contributed by atoms with Gasteiger partial charge >= 0.3 is 11.0 Å². The molecule has 0 spiro atoms. The lowest BCUT2D eigenvalue weighted by molar-refractivity contribution is -0.137. The van der Waals surface area contributed by atoms with Crippen LogP contribution in [-0.4, -0.2) is 27.5 Å². The highest BCUT2D eigenvalue weighted by Crippen LogP contribution is 2.54. The number of nitrogens with zero attached hydrogens (tertiary/aromatic N) is 2. The van der Waals surface area contributed by atoms with Gasteiger partial charge in [0.05, 0.1) is 22.2 Å². The highest BCUT2D eigenvalue weighted by molar-refractivity contribution is 8.00. The van der Waals surface area contributed by atoms with Crippen molar-refractivity contribution in [2.45, 2.75) is 28.9 Å². The summed E-state index contributed by atoms with van der Waals surface area (Å²) in [6, 6.07) is 22.1. The molecule has 2 aliphatic heterocycles. The van der Waals surface area contributed by atoms with Crippen LogP contribution in [0.1, 0.15) is 21.9 Å². The van der Waals surface area contributed by atoms with Gasteiger partial charge in [-0.05, 0) is 47.3 Å². The summed E-state index contributed by atoms with van der Waals surface area (Å²) in [5, 5.41) is 3.73. The van der Waals surface area contributed by atoms with Crippen LogP contribution in [0.25, 0.3) is 10.8 Å². The van der Waals surface area contributed by atoms with E-state index in [1.165, 1.54) is 34.9 Å². The van der Waals surface area contributed by atoms with E-state index in [-0.39, 0.29) is 5.69 Å². The van der Waals surface area contributed by atoms with Crippen LogP contribution in [0, 0.1) is 11.7 Å². The summed E-state index contributed by atoms with van der Waals surface area (Å²) < 4.78 is 55.7. The van der Waals surface area contributed by atoms with Crippen molar-refractivity contribution in [3.63, 3.8) is 0 Å². The van der Waals surface area contributed by atoms with E-state index >= 15 is 0 Å². The molecule has 4 aromatic carbocycles. The Labute approximate surface area is 266 Å². The van der Waals surface area contributed by atoms with E-state index in [1.54, 1.807) is 12.1 Å². The summed E-state index contributed by atoms with van der Waals surface area (Å²) in [4.78, 5) is 55.1. The Hall–Kier alpha value is -4.75.